The molecule has 2 rings (SSSR count). The van der Waals surface area contributed by atoms with Crippen LogP contribution in [0.15, 0.2) is 18.2 Å². The second-order valence-corrected chi connectivity index (χ2v) is 5.45. The van der Waals surface area contributed by atoms with Crippen LogP contribution in [0.2, 0.25) is 0 Å². The summed E-state index contributed by atoms with van der Waals surface area (Å²) in [6.07, 6.45) is 7.18. The molecule has 19 heavy (non-hydrogen) atoms. The summed E-state index contributed by atoms with van der Waals surface area (Å²) in [6.45, 7) is 0. The Morgan fingerprint density at radius 2 is 1.58 bits per heavy atom. The van der Waals surface area contributed by atoms with Gasteiger partial charge in [-0.15, -0.1) is 0 Å². The molecule has 0 unspecified atom stereocenters. The highest BCUT2D eigenvalue weighted by molar-refractivity contribution is 5.96. The quantitative estimate of drug-likeness (QED) is 0.635. The number of amides is 1. The zero-order valence-electron chi connectivity index (χ0n) is 11.6. The van der Waals surface area contributed by atoms with Crippen molar-refractivity contribution >= 4 is 17.3 Å². The van der Waals surface area contributed by atoms with Crippen molar-refractivity contribution in [3.8, 4) is 0 Å². The van der Waals surface area contributed by atoms with Crippen LogP contribution in [0.5, 0.6) is 0 Å². The molecule has 0 spiro atoms. The fourth-order valence-electron chi connectivity index (χ4n) is 2.81. The van der Waals surface area contributed by atoms with E-state index in [9.17, 15) is 4.79 Å². The number of carbonyl (C=O) groups is 1. The Labute approximate surface area is 114 Å². The van der Waals surface area contributed by atoms with Gasteiger partial charge in [-0.05, 0) is 31.0 Å². The second-order valence-electron chi connectivity index (χ2n) is 5.45. The summed E-state index contributed by atoms with van der Waals surface area (Å²) in [4.78, 5) is 14.3. The number of benzene rings is 1. The maximum absolute atomic E-state index is 12.5. The standard InChI is InChI=1S/C15H23N3O/c1-18(14-6-4-2-3-5-7-14)15(19)11-8-12(16)10-13(17)9-11/h8-10,14H,2-7,16-17H2,1H3. The van der Waals surface area contributed by atoms with Crippen molar-refractivity contribution in [3.63, 3.8) is 0 Å². The van der Waals surface area contributed by atoms with Crippen LogP contribution in [0.1, 0.15) is 48.9 Å². The first-order valence-corrected chi connectivity index (χ1v) is 7.01. The lowest BCUT2D eigenvalue weighted by Gasteiger charge is -2.27. The van der Waals surface area contributed by atoms with Gasteiger partial charge in [-0.1, -0.05) is 25.7 Å². The average Bonchev–Trinajstić information content (AvgIpc) is 2.64. The van der Waals surface area contributed by atoms with E-state index in [2.05, 4.69) is 0 Å². The summed E-state index contributed by atoms with van der Waals surface area (Å²) in [5.74, 6) is 0.0194. The van der Waals surface area contributed by atoms with Gasteiger partial charge in [0.1, 0.15) is 0 Å². The van der Waals surface area contributed by atoms with Gasteiger partial charge in [-0.3, -0.25) is 4.79 Å². The molecule has 1 saturated carbocycles. The Hall–Kier alpha value is -1.71. The van der Waals surface area contributed by atoms with Gasteiger partial charge in [0.15, 0.2) is 0 Å². The first-order valence-electron chi connectivity index (χ1n) is 7.01. The zero-order chi connectivity index (χ0) is 13.8. The van der Waals surface area contributed by atoms with E-state index in [0.29, 0.717) is 23.0 Å². The maximum atomic E-state index is 12.5. The van der Waals surface area contributed by atoms with Gasteiger partial charge in [0.05, 0.1) is 0 Å². The van der Waals surface area contributed by atoms with E-state index in [-0.39, 0.29) is 5.91 Å². The molecule has 4 N–H and O–H groups in total. The van der Waals surface area contributed by atoms with Crippen LogP contribution in [0, 0.1) is 0 Å². The van der Waals surface area contributed by atoms with Crippen molar-refractivity contribution in [3.05, 3.63) is 23.8 Å². The fraction of sp³-hybridized carbons (Fsp3) is 0.533. The molecule has 0 aromatic heterocycles. The van der Waals surface area contributed by atoms with Gasteiger partial charge < -0.3 is 16.4 Å². The van der Waals surface area contributed by atoms with Crippen LogP contribution in [0.25, 0.3) is 0 Å². The third kappa shape index (κ3) is 3.40. The summed E-state index contributed by atoms with van der Waals surface area (Å²) >= 11 is 0. The highest BCUT2D eigenvalue weighted by atomic mass is 16.2. The number of anilines is 2. The highest BCUT2D eigenvalue weighted by Crippen LogP contribution is 2.23. The molecule has 0 saturated heterocycles. The van der Waals surface area contributed by atoms with Gasteiger partial charge in [0.25, 0.3) is 5.91 Å². The minimum atomic E-state index is 0.0194. The van der Waals surface area contributed by atoms with Crippen molar-refractivity contribution < 1.29 is 4.79 Å². The summed E-state index contributed by atoms with van der Waals surface area (Å²) in [7, 11) is 1.89. The summed E-state index contributed by atoms with van der Waals surface area (Å²) in [5.41, 5.74) is 13.2. The molecule has 1 aliphatic carbocycles. The normalized spacial score (nSPS) is 16.9. The minimum absolute atomic E-state index is 0.0194. The molecule has 1 aliphatic rings. The molecular formula is C15H23N3O. The molecule has 0 bridgehead atoms. The van der Waals surface area contributed by atoms with Crippen LogP contribution < -0.4 is 11.5 Å². The molecule has 104 valence electrons. The highest BCUT2D eigenvalue weighted by Gasteiger charge is 2.22. The third-order valence-corrected chi connectivity index (χ3v) is 3.92. The molecule has 0 aliphatic heterocycles. The van der Waals surface area contributed by atoms with E-state index in [1.807, 2.05) is 11.9 Å². The average molecular weight is 261 g/mol. The number of rotatable bonds is 2. The Balaban J connectivity index is 2.13. The number of nitrogens with two attached hydrogens (primary N) is 2. The van der Waals surface area contributed by atoms with E-state index >= 15 is 0 Å². The van der Waals surface area contributed by atoms with Gasteiger partial charge in [0.2, 0.25) is 0 Å². The van der Waals surface area contributed by atoms with E-state index in [0.717, 1.165) is 12.8 Å². The van der Waals surface area contributed by atoms with Crippen LogP contribution in [-0.2, 0) is 0 Å². The number of hydrogen-bond acceptors (Lipinski definition) is 3. The van der Waals surface area contributed by atoms with Crippen LogP contribution in [0.3, 0.4) is 0 Å². The van der Waals surface area contributed by atoms with Gasteiger partial charge in [-0.2, -0.15) is 0 Å². The largest absolute Gasteiger partial charge is 0.399 e. The van der Waals surface area contributed by atoms with E-state index in [1.165, 1.54) is 25.7 Å². The smallest absolute Gasteiger partial charge is 0.253 e. The predicted octanol–water partition coefficient (Wildman–Crippen LogP) is 2.65. The maximum Gasteiger partial charge on any atom is 0.253 e. The number of carbonyl (C=O) groups excluding carboxylic acids is 1. The first kappa shape index (κ1) is 13.7. The molecule has 1 fully saturated rings. The summed E-state index contributed by atoms with van der Waals surface area (Å²) in [5, 5.41) is 0. The molecule has 1 aromatic carbocycles. The van der Waals surface area contributed by atoms with Crippen molar-refractivity contribution in [2.24, 2.45) is 0 Å². The van der Waals surface area contributed by atoms with Gasteiger partial charge in [-0.25, -0.2) is 0 Å². The van der Waals surface area contributed by atoms with Crippen molar-refractivity contribution in [2.45, 2.75) is 44.6 Å². The van der Waals surface area contributed by atoms with Crippen molar-refractivity contribution in [1.82, 2.24) is 4.90 Å². The molecule has 1 amide bonds. The molecule has 0 heterocycles. The number of nitrogen functional groups attached to an aromatic ring is 2. The lowest BCUT2D eigenvalue weighted by Crippen LogP contribution is -2.36. The predicted molar refractivity (Wildman–Crippen MR) is 78.9 cm³/mol. The van der Waals surface area contributed by atoms with E-state index in [1.54, 1.807) is 18.2 Å². The SMILES string of the molecule is CN(C(=O)c1cc(N)cc(N)c1)C1CCCCCC1. The Kier molecular flexibility index (Phi) is 4.30. The number of hydrogen-bond donors (Lipinski definition) is 2. The first-order chi connectivity index (χ1) is 9.08. The molecule has 0 atom stereocenters. The summed E-state index contributed by atoms with van der Waals surface area (Å²) in [6, 6.07) is 5.41. The van der Waals surface area contributed by atoms with Crippen molar-refractivity contribution in [2.75, 3.05) is 18.5 Å². The topological polar surface area (TPSA) is 72.3 Å². The lowest BCUT2D eigenvalue weighted by atomic mass is 10.1. The van der Waals surface area contributed by atoms with Crippen LogP contribution in [-0.4, -0.2) is 23.9 Å². The fourth-order valence-corrected chi connectivity index (χ4v) is 2.81. The molecule has 1 aromatic rings. The molecular weight excluding hydrogens is 238 g/mol. The summed E-state index contributed by atoms with van der Waals surface area (Å²) < 4.78 is 0. The Morgan fingerprint density at radius 3 is 2.11 bits per heavy atom. The van der Waals surface area contributed by atoms with Crippen LogP contribution in [0.4, 0.5) is 11.4 Å². The monoisotopic (exact) mass is 261 g/mol. The van der Waals surface area contributed by atoms with E-state index in [4.69, 9.17) is 11.5 Å². The minimum Gasteiger partial charge on any atom is -0.399 e. The Morgan fingerprint density at radius 1 is 1.05 bits per heavy atom. The van der Waals surface area contributed by atoms with Crippen LogP contribution >= 0.6 is 0 Å². The van der Waals surface area contributed by atoms with Crippen molar-refractivity contribution in [1.29, 1.82) is 0 Å². The lowest BCUT2D eigenvalue weighted by molar-refractivity contribution is 0.0718. The number of nitrogens with zero attached hydrogens (tertiary/aromatic N) is 1. The molecule has 4 heteroatoms. The van der Waals surface area contributed by atoms with E-state index < -0.39 is 0 Å². The van der Waals surface area contributed by atoms with Gasteiger partial charge >= 0.3 is 0 Å². The zero-order valence-corrected chi connectivity index (χ0v) is 11.6. The second kappa shape index (κ2) is 5.95. The molecule has 0 radical (unpaired) electrons. The third-order valence-electron chi connectivity index (χ3n) is 3.92. The van der Waals surface area contributed by atoms with Gasteiger partial charge in [0, 0.05) is 30.0 Å². The molecule has 4 nitrogen and oxygen atoms in total. The Bertz CT molecular complexity index is 430.